The molecule has 0 aliphatic heterocycles. The molecule has 16 heavy (non-hydrogen) atoms. The topological polar surface area (TPSA) is 78.9 Å². The zero-order chi connectivity index (χ0) is 12.8. The zero-order valence-electron chi connectivity index (χ0n) is 9.37. The van der Waals surface area contributed by atoms with E-state index in [-0.39, 0.29) is 6.42 Å². The summed E-state index contributed by atoms with van der Waals surface area (Å²) in [6.07, 6.45) is 5.02. The van der Waals surface area contributed by atoms with E-state index >= 15 is 0 Å². The van der Waals surface area contributed by atoms with Gasteiger partial charge >= 0.3 is 7.60 Å². The van der Waals surface area contributed by atoms with Crippen molar-refractivity contribution in [2.75, 3.05) is 20.0 Å². The smallest absolute Gasteiger partial charge is 0.310 e. The van der Waals surface area contributed by atoms with Gasteiger partial charge < -0.3 is 9.05 Å². The molecular weight excluding hydrogens is 255 g/mol. The molecule has 0 aromatic carbocycles. The molecule has 0 saturated carbocycles. The summed E-state index contributed by atoms with van der Waals surface area (Å²) in [6, 6.07) is 0. The van der Waals surface area contributed by atoms with Gasteiger partial charge in [-0.2, -0.15) is 8.42 Å². The van der Waals surface area contributed by atoms with Gasteiger partial charge in [-0.25, -0.2) is 0 Å². The van der Waals surface area contributed by atoms with Gasteiger partial charge in [0.25, 0.3) is 10.1 Å². The van der Waals surface area contributed by atoms with Crippen molar-refractivity contribution in [3.05, 3.63) is 0 Å². The highest BCUT2D eigenvalue weighted by molar-refractivity contribution is 7.87. The molecule has 0 amide bonds. The third kappa shape index (κ3) is 4.24. The normalized spacial score (nSPS) is 14.4. The first-order valence-corrected chi connectivity index (χ1v) is 7.59. The lowest BCUT2D eigenvalue weighted by atomic mass is 10.5. The number of hydrogen-bond acceptors (Lipinski definition) is 6. The second kappa shape index (κ2) is 6.38. The summed E-state index contributed by atoms with van der Waals surface area (Å²) in [4.78, 5) is 0. The molecule has 0 aliphatic carbocycles. The summed E-state index contributed by atoms with van der Waals surface area (Å²) in [7, 11) is -5.18. The molecular formula is C8H15O6PS. The van der Waals surface area contributed by atoms with Crippen molar-refractivity contribution >= 4 is 17.7 Å². The Labute approximate surface area is 95.9 Å². The van der Waals surface area contributed by atoms with Crippen molar-refractivity contribution in [1.82, 2.24) is 0 Å². The van der Waals surface area contributed by atoms with E-state index in [0.717, 1.165) is 14.2 Å². The van der Waals surface area contributed by atoms with Crippen LogP contribution in [0.1, 0.15) is 13.3 Å². The van der Waals surface area contributed by atoms with Crippen molar-refractivity contribution in [3.63, 3.8) is 0 Å². The summed E-state index contributed by atoms with van der Waals surface area (Å²) in [6.45, 7) is 1.60. The maximum atomic E-state index is 11.9. The van der Waals surface area contributed by atoms with Crippen LogP contribution in [0.3, 0.4) is 0 Å². The van der Waals surface area contributed by atoms with Gasteiger partial charge in [0, 0.05) is 14.2 Å². The average Bonchev–Trinajstić information content (AvgIpc) is 2.24. The van der Waals surface area contributed by atoms with E-state index in [9.17, 15) is 13.0 Å². The van der Waals surface area contributed by atoms with E-state index in [1.54, 1.807) is 6.92 Å². The molecule has 94 valence electrons. The van der Waals surface area contributed by atoms with Crippen LogP contribution in [0.4, 0.5) is 0 Å². The van der Waals surface area contributed by atoms with E-state index in [4.69, 9.17) is 10.6 Å². The van der Waals surface area contributed by atoms with Crippen LogP contribution in [-0.4, -0.2) is 34.2 Å². The van der Waals surface area contributed by atoms with E-state index in [0.29, 0.717) is 0 Å². The fourth-order valence-corrected chi connectivity index (χ4v) is 3.59. The second-order valence-electron chi connectivity index (χ2n) is 2.77. The molecule has 0 aliphatic rings. The summed E-state index contributed by atoms with van der Waals surface area (Å²) in [5.74, 6) is 0.174. The highest BCUT2D eigenvalue weighted by atomic mass is 32.2. The third-order valence-corrected chi connectivity index (χ3v) is 5.11. The van der Waals surface area contributed by atoms with Gasteiger partial charge in [0.2, 0.25) is 0 Å². The highest BCUT2D eigenvalue weighted by Gasteiger charge is 2.37. The lowest BCUT2D eigenvalue weighted by Gasteiger charge is -2.22. The summed E-state index contributed by atoms with van der Waals surface area (Å²) in [5.41, 5.74) is 0. The van der Waals surface area contributed by atoms with Gasteiger partial charge in [0.05, 0.1) is 0 Å². The molecule has 0 fully saturated rings. The van der Waals surface area contributed by atoms with Crippen LogP contribution in [0.5, 0.6) is 0 Å². The van der Waals surface area contributed by atoms with E-state index in [1.165, 1.54) is 0 Å². The van der Waals surface area contributed by atoms with Crippen LogP contribution in [-0.2, 0) is 27.9 Å². The summed E-state index contributed by atoms with van der Waals surface area (Å²) < 4.78 is 48.4. The monoisotopic (exact) mass is 270 g/mol. The first-order valence-electron chi connectivity index (χ1n) is 4.40. The first-order chi connectivity index (χ1) is 7.35. The Morgan fingerprint density at radius 3 is 2.19 bits per heavy atom. The quantitative estimate of drug-likeness (QED) is 0.393. The van der Waals surface area contributed by atoms with Crippen LogP contribution >= 0.6 is 7.60 Å². The second-order valence-corrected chi connectivity index (χ2v) is 6.75. The van der Waals surface area contributed by atoms with Gasteiger partial charge in [0.1, 0.15) is 5.75 Å². The van der Waals surface area contributed by atoms with Crippen LogP contribution in [0.25, 0.3) is 0 Å². The van der Waals surface area contributed by atoms with Gasteiger partial charge in [-0.1, -0.05) is 12.8 Å². The van der Waals surface area contributed by atoms with Crippen molar-refractivity contribution in [1.29, 1.82) is 0 Å². The van der Waals surface area contributed by atoms with Gasteiger partial charge in [-0.3, -0.25) is 8.75 Å². The molecule has 0 rings (SSSR count). The predicted octanol–water partition coefficient (Wildman–Crippen LogP) is 1.19. The Hall–Kier alpha value is -0.380. The zero-order valence-corrected chi connectivity index (χ0v) is 11.1. The van der Waals surface area contributed by atoms with E-state index in [1.807, 2.05) is 5.92 Å². The Bertz CT molecular complexity index is 387. The molecule has 0 N–H and O–H groups in total. The Morgan fingerprint density at radius 1 is 1.38 bits per heavy atom. The van der Waals surface area contributed by atoms with Gasteiger partial charge in [-0.15, -0.1) is 6.42 Å². The maximum Gasteiger partial charge on any atom is 0.360 e. The Balaban J connectivity index is 4.92. The van der Waals surface area contributed by atoms with E-state index in [2.05, 4.69) is 9.05 Å². The van der Waals surface area contributed by atoms with Crippen LogP contribution in [0.2, 0.25) is 0 Å². The summed E-state index contributed by atoms with van der Waals surface area (Å²) >= 11 is 0. The van der Waals surface area contributed by atoms with Gasteiger partial charge in [0.15, 0.2) is 5.85 Å². The number of rotatable bonds is 7. The largest absolute Gasteiger partial charge is 0.360 e. The molecule has 0 spiro atoms. The molecule has 1 unspecified atom stereocenters. The molecule has 0 bridgehead atoms. The standard InChI is InChI=1S/C8H15O6PS/c1-5-7-16(10,11)14-8(6-2)15(9,12-3)13-4/h1,8H,6-7H2,2-4H3. The Kier molecular flexibility index (Phi) is 6.23. The van der Waals surface area contributed by atoms with Crippen molar-refractivity contribution in [2.24, 2.45) is 0 Å². The maximum absolute atomic E-state index is 11.9. The fourth-order valence-electron chi connectivity index (χ4n) is 0.959. The molecule has 6 nitrogen and oxygen atoms in total. The molecule has 0 radical (unpaired) electrons. The van der Waals surface area contributed by atoms with Gasteiger partial charge in [-0.05, 0) is 6.42 Å². The molecule has 0 saturated heterocycles. The van der Waals surface area contributed by atoms with Crippen molar-refractivity contribution in [3.8, 4) is 12.3 Å². The fraction of sp³-hybridized carbons (Fsp3) is 0.750. The van der Waals surface area contributed by atoms with Crippen LogP contribution in [0, 0.1) is 12.3 Å². The van der Waals surface area contributed by atoms with Crippen molar-refractivity contribution in [2.45, 2.75) is 19.2 Å². The molecule has 0 heterocycles. The molecule has 0 aromatic rings. The molecule has 0 aromatic heterocycles. The minimum absolute atomic E-state index is 0.156. The SMILES string of the molecule is C#CCS(=O)(=O)OC(CC)P(=O)(OC)OC. The Morgan fingerprint density at radius 2 is 1.88 bits per heavy atom. The highest BCUT2D eigenvalue weighted by Crippen LogP contribution is 2.53. The number of hydrogen-bond donors (Lipinski definition) is 0. The minimum Gasteiger partial charge on any atom is -0.310 e. The third-order valence-electron chi connectivity index (χ3n) is 1.73. The lowest BCUT2D eigenvalue weighted by molar-refractivity contribution is 0.191. The minimum atomic E-state index is -3.91. The predicted molar refractivity (Wildman–Crippen MR) is 59.4 cm³/mol. The van der Waals surface area contributed by atoms with Crippen LogP contribution < -0.4 is 0 Å². The van der Waals surface area contributed by atoms with Crippen LogP contribution in [0.15, 0.2) is 0 Å². The van der Waals surface area contributed by atoms with E-state index < -0.39 is 29.3 Å². The number of terminal acetylenes is 1. The molecule has 8 heteroatoms. The molecule has 1 atom stereocenters. The van der Waals surface area contributed by atoms with Crippen molar-refractivity contribution < 1.29 is 26.2 Å². The summed E-state index contributed by atoms with van der Waals surface area (Å²) in [5, 5.41) is 0. The average molecular weight is 270 g/mol. The first kappa shape index (κ1) is 15.6. The lowest BCUT2D eigenvalue weighted by Crippen LogP contribution is -2.21.